The third kappa shape index (κ3) is 4.94. The Bertz CT molecular complexity index is 286. The maximum atomic E-state index is 11.5. The van der Waals surface area contributed by atoms with Gasteiger partial charge in [0.1, 0.15) is 6.04 Å². The van der Waals surface area contributed by atoms with Gasteiger partial charge in [0.25, 0.3) is 0 Å². The number of carbonyl (C=O) groups is 2. The van der Waals surface area contributed by atoms with Crippen molar-refractivity contribution in [1.29, 1.82) is 0 Å². The first-order chi connectivity index (χ1) is 8.52. The van der Waals surface area contributed by atoms with Crippen molar-refractivity contribution < 1.29 is 14.7 Å². The van der Waals surface area contributed by atoms with Crippen molar-refractivity contribution in [3.8, 4) is 0 Å². The topological polar surface area (TPSA) is 78.4 Å². The van der Waals surface area contributed by atoms with E-state index in [1.165, 1.54) is 19.8 Å². The fourth-order valence-electron chi connectivity index (χ4n) is 2.49. The molecule has 0 spiro atoms. The zero-order valence-corrected chi connectivity index (χ0v) is 11.2. The molecule has 0 saturated heterocycles. The third-order valence-electron chi connectivity index (χ3n) is 3.60. The molecule has 1 atom stereocenters. The van der Waals surface area contributed by atoms with Crippen molar-refractivity contribution in [1.82, 2.24) is 10.6 Å². The number of carboxylic acids is 1. The number of hydrogen-bond acceptors (Lipinski definition) is 2. The van der Waals surface area contributed by atoms with Crippen LogP contribution in [-0.2, 0) is 4.79 Å². The Labute approximate surface area is 108 Å². The van der Waals surface area contributed by atoms with Crippen molar-refractivity contribution in [3.63, 3.8) is 0 Å². The van der Waals surface area contributed by atoms with E-state index in [9.17, 15) is 9.59 Å². The molecule has 1 fully saturated rings. The summed E-state index contributed by atoms with van der Waals surface area (Å²) in [5.74, 6) is -0.217. The molecule has 5 heteroatoms. The second-order valence-corrected chi connectivity index (χ2v) is 5.18. The molecule has 0 aromatic carbocycles. The Morgan fingerprint density at radius 3 is 2.39 bits per heavy atom. The molecule has 0 aliphatic heterocycles. The summed E-state index contributed by atoms with van der Waals surface area (Å²) in [4.78, 5) is 22.1. The minimum atomic E-state index is -1.02. The van der Waals surface area contributed by atoms with Gasteiger partial charge in [0.15, 0.2) is 0 Å². The molecule has 1 rings (SSSR count). The summed E-state index contributed by atoms with van der Waals surface area (Å²) in [7, 11) is 0. The molecular weight excluding hydrogens is 232 g/mol. The Hall–Kier alpha value is -1.26. The van der Waals surface area contributed by atoms with E-state index < -0.39 is 12.0 Å². The van der Waals surface area contributed by atoms with Crippen molar-refractivity contribution in [2.24, 2.45) is 5.92 Å². The number of hydrogen-bond donors (Lipinski definition) is 3. The number of nitrogens with one attached hydrogen (secondary N) is 2. The normalized spacial score (nSPS) is 25.2. The van der Waals surface area contributed by atoms with Gasteiger partial charge in [0, 0.05) is 6.04 Å². The summed E-state index contributed by atoms with van der Waals surface area (Å²) in [6.45, 7) is 3.66. The minimum absolute atomic E-state index is 0.194. The molecule has 1 saturated carbocycles. The second-order valence-electron chi connectivity index (χ2n) is 5.18. The van der Waals surface area contributed by atoms with Crippen LogP contribution < -0.4 is 10.6 Å². The number of carbonyl (C=O) groups excluding carboxylic acids is 1. The van der Waals surface area contributed by atoms with Crippen LogP contribution in [0.25, 0.3) is 0 Å². The smallest absolute Gasteiger partial charge is 0.325 e. The van der Waals surface area contributed by atoms with E-state index >= 15 is 0 Å². The van der Waals surface area contributed by atoms with Gasteiger partial charge in [0.05, 0.1) is 0 Å². The zero-order chi connectivity index (χ0) is 13.5. The first-order valence-electron chi connectivity index (χ1n) is 6.82. The minimum Gasteiger partial charge on any atom is -0.480 e. The summed E-state index contributed by atoms with van der Waals surface area (Å²) < 4.78 is 0. The molecule has 1 aliphatic carbocycles. The van der Waals surface area contributed by atoms with Gasteiger partial charge in [0.2, 0.25) is 0 Å². The van der Waals surface area contributed by atoms with E-state index in [2.05, 4.69) is 17.6 Å². The highest BCUT2D eigenvalue weighted by Crippen LogP contribution is 2.27. The fraction of sp³-hybridized carbons (Fsp3) is 0.846. The number of urea groups is 1. The van der Waals surface area contributed by atoms with Crippen LogP contribution in [-0.4, -0.2) is 29.2 Å². The lowest BCUT2D eigenvalue weighted by molar-refractivity contribution is -0.138. The third-order valence-corrected chi connectivity index (χ3v) is 3.60. The predicted octanol–water partition coefficient (Wildman–Crippen LogP) is 2.12. The van der Waals surface area contributed by atoms with Gasteiger partial charge in [-0.1, -0.05) is 19.8 Å². The Kier molecular flexibility index (Phi) is 5.95. The molecule has 3 N–H and O–H groups in total. The lowest BCUT2D eigenvalue weighted by Gasteiger charge is -2.29. The number of amides is 2. The van der Waals surface area contributed by atoms with Crippen LogP contribution in [0.2, 0.25) is 0 Å². The molecule has 0 bridgehead atoms. The van der Waals surface area contributed by atoms with E-state index in [4.69, 9.17) is 5.11 Å². The molecule has 0 heterocycles. The van der Waals surface area contributed by atoms with Gasteiger partial charge >= 0.3 is 12.0 Å². The van der Waals surface area contributed by atoms with Gasteiger partial charge in [-0.25, -0.2) is 4.79 Å². The lowest BCUT2D eigenvalue weighted by atomic mass is 9.83. The molecule has 0 aromatic rings. The molecule has 104 valence electrons. The standard InChI is InChI=1S/C13H24N2O3/c1-3-4-10-5-7-11(8-6-10)15-13(18)14-9(2)12(16)17/h9-11H,3-8H2,1-2H3,(H,16,17)(H2,14,15,18)/t9-,10?,11?/m1/s1. The first kappa shape index (κ1) is 14.8. The summed E-state index contributed by atoms with van der Waals surface area (Å²) >= 11 is 0. The Balaban J connectivity index is 2.24. The highest BCUT2D eigenvalue weighted by molar-refractivity contribution is 5.82. The highest BCUT2D eigenvalue weighted by Gasteiger charge is 2.22. The summed E-state index contributed by atoms with van der Waals surface area (Å²) in [6.07, 6.45) is 6.81. The van der Waals surface area contributed by atoms with Gasteiger partial charge in [-0.3, -0.25) is 4.79 Å². The van der Waals surface area contributed by atoms with Crippen molar-refractivity contribution in [2.75, 3.05) is 0 Å². The molecular formula is C13H24N2O3. The van der Waals surface area contributed by atoms with Crippen LogP contribution in [0, 0.1) is 5.92 Å². The maximum absolute atomic E-state index is 11.5. The van der Waals surface area contributed by atoms with E-state index in [1.807, 2.05) is 0 Å². The van der Waals surface area contributed by atoms with Crippen LogP contribution >= 0.6 is 0 Å². The monoisotopic (exact) mass is 256 g/mol. The molecule has 1 aliphatic rings. The molecule has 5 nitrogen and oxygen atoms in total. The number of rotatable bonds is 5. The van der Waals surface area contributed by atoms with E-state index in [0.29, 0.717) is 0 Å². The Morgan fingerprint density at radius 1 is 1.28 bits per heavy atom. The molecule has 0 unspecified atom stereocenters. The van der Waals surface area contributed by atoms with Gasteiger partial charge in [-0.15, -0.1) is 0 Å². The molecule has 2 amide bonds. The summed E-state index contributed by atoms with van der Waals surface area (Å²) in [5, 5.41) is 14.0. The number of carboxylic acid groups (broad SMARTS) is 1. The van der Waals surface area contributed by atoms with Crippen molar-refractivity contribution >= 4 is 12.0 Å². The van der Waals surface area contributed by atoms with E-state index in [1.54, 1.807) is 0 Å². The van der Waals surface area contributed by atoms with Crippen LogP contribution in [0.15, 0.2) is 0 Å². The van der Waals surface area contributed by atoms with Crippen molar-refractivity contribution in [2.45, 2.75) is 64.5 Å². The summed E-state index contributed by atoms with van der Waals surface area (Å²) in [6, 6.07) is -1.02. The second kappa shape index (κ2) is 7.24. The average Bonchev–Trinajstić information content (AvgIpc) is 2.31. The lowest BCUT2D eigenvalue weighted by Crippen LogP contribution is -2.48. The van der Waals surface area contributed by atoms with Gasteiger partial charge in [-0.05, 0) is 38.5 Å². The predicted molar refractivity (Wildman–Crippen MR) is 69.4 cm³/mol. The fourth-order valence-corrected chi connectivity index (χ4v) is 2.49. The molecule has 0 aromatic heterocycles. The van der Waals surface area contributed by atoms with Gasteiger partial charge in [-0.2, -0.15) is 0 Å². The van der Waals surface area contributed by atoms with Crippen LogP contribution in [0.5, 0.6) is 0 Å². The van der Waals surface area contributed by atoms with Crippen LogP contribution in [0.3, 0.4) is 0 Å². The van der Waals surface area contributed by atoms with E-state index in [-0.39, 0.29) is 12.1 Å². The van der Waals surface area contributed by atoms with Crippen molar-refractivity contribution in [3.05, 3.63) is 0 Å². The quantitative estimate of drug-likeness (QED) is 0.705. The number of aliphatic carboxylic acids is 1. The Morgan fingerprint density at radius 2 is 1.89 bits per heavy atom. The summed E-state index contributed by atoms with van der Waals surface area (Å²) in [5.41, 5.74) is 0. The molecule has 0 radical (unpaired) electrons. The SMILES string of the molecule is CCCC1CCC(NC(=O)N[C@H](C)C(=O)O)CC1. The largest absolute Gasteiger partial charge is 0.480 e. The van der Waals surface area contributed by atoms with Crippen LogP contribution in [0.4, 0.5) is 4.79 Å². The van der Waals surface area contributed by atoms with E-state index in [0.717, 1.165) is 31.6 Å². The maximum Gasteiger partial charge on any atom is 0.325 e. The average molecular weight is 256 g/mol. The van der Waals surface area contributed by atoms with Gasteiger partial charge < -0.3 is 15.7 Å². The first-order valence-corrected chi connectivity index (χ1v) is 6.82. The highest BCUT2D eigenvalue weighted by atomic mass is 16.4. The molecule has 18 heavy (non-hydrogen) atoms. The van der Waals surface area contributed by atoms with Crippen LogP contribution in [0.1, 0.15) is 52.4 Å². The zero-order valence-electron chi connectivity index (χ0n) is 11.2.